The van der Waals surface area contributed by atoms with Crippen LogP contribution < -0.4 is 19.5 Å². The Kier molecular flexibility index (Phi) is 6.16. The van der Waals surface area contributed by atoms with Crippen molar-refractivity contribution in [3.8, 4) is 17.2 Å². The number of benzene rings is 3. The van der Waals surface area contributed by atoms with E-state index >= 15 is 0 Å². The summed E-state index contributed by atoms with van der Waals surface area (Å²) in [5.41, 5.74) is 3.57. The molecule has 3 aromatic rings. The monoisotopic (exact) mass is 436 g/mol. The number of urea groups is 1. The van der Waals surface area contributed by atoms with Gasteiger partial charge in [-0.3, -0.25) is 0 Å². The zero-order valence-electron chi connectivity index (χ0n) is 18.2. The number of rotatable bonds is 5. The second-order valence-corrected chi connectivity index (χ2v) is 7.44. The third kappa shape index (κ3) is 4.06. The summed E-state index contributed by atoms with van der Waals surface area (Å²) in [4.78, 5) is 15.2. The Balaban J connectivity index is 1.69. The van der Waals surface area contributed by atoms with Gasteiger partial charge in [0.1, 0.15) is 5.82 Å². The molecule has 0 bridgehead atoms. The van der Waals surface area contributed by atoms with E-state index in [0.717, 1.165) is 17.5 Å². The molecular formula is C25H25FN2O4. The quantitative estimate of drug-likeness (QED) is 0.609. The number of carbonyl (C=O) groups is 1. The molecule has 32 heavy (non-hydrogen) atoms. The Morgan fingerprint density at radius 2 is 1.62 bits per heavy atom. The van der Waals surface area contributed by atoms with Gasteiger partial charge in [-0.05, 0) is 35.2 Å². The number of methoxy groups -OCH3 is 3. The van der Waals surface area contributed by atoms with Gasteiger partial charge in [-0.25, -0.2) is 9.18 Å². The summed E-state index contributed by atoms with van der Waals surface area (Å²) in [5, 5.41) is 2.95. The maximum atomic E-state index is 13.6. The van der Waals surface area contributed by atoms with Crippen molar-refractivity contribution in [3.63, 3.8) is 0 Å². The summed E-state index contributed by atoms with van der Waals surface area (Å²) in [6.07, 6.45) is 0.733. The fraction of sp³-hybridized carbons (Fsp3) is 0.240. The minimum Gasteiger partial charge on any atom is -0.493 e. The Bertz CT molecular complexity index is 1090. The van der Waals surface area contributed by atoms with Crippen LogP contribution >= 0.6 is 0 Å². The summed E-state index contributed by atoms with van der Waals surface area (Å²) in [6, 6.07) is 17.1. The highest BCUT2D eigenvalue weighted by molar-refractivity contribution is 5.91. The normalized spacial score (nSPS) is 15.0. The van der Waals surface area contributed by atoms with Crippen molar-refractivity contribution >= 4 is 11.7 Å². The second-order valence-electron chi connectivity index (χ2n) is 7.44. The molecule has 0 spiro atoms. The summed E-state index contributed by atoms with van der Waals surface area (Å²) < 4.78 is 29.7. The number of anilines is 1. The van der Waals surface area contributed by atoms with Crippen molar-refractivity contribution < 1.29 is 23.4 Å². The highest BCUT2D eigenvalue weighted by Gasteiger charge is 2.32. The number of carbonyl (C=O) groups excluding carboxylic acids is 1. The van der Waals surface area contributed by atoms with Crippen LogP contribution in [-0.2, 0) is 6.42 Å². The molecule has 4 rings (SSSR count). The average Bonchev–Trinajstić information content (AvgIpc) is 2.83. The molecule has 0 radical (unpaired) electrons. The third-order valence-electron chi connectivity index (χ3n) is 5.65. The van der Waals surface area contributed by atoms with Crippen LogP contribution in [0.2, 0.25) is 0 Å². The maximum absolute atomic E-state index is 13.6. The van der Waals surface area contributed by atoms with Gasteiger partial charge in [-0.1, -0.05) is 36.4 Å². The third-order valence-corrected chi connectivity index (χ3v) is 5.65. The SMILES string of the molecule is COc1cc(NC(=O)N2CCc3ccccc3[C@H]2c2ccc(F)cc2)cc(OC)c1OC. The first-order valence-electron chi connectivity index (χ1n) is 10.3. The van der Waals surface area contributed by atoms with E-state index in [0.29, 0.717) is 29.5 Å². The van der Waals surface area contributed by atoms with E-state index in [9.17, 15) is 9.18 Å². The van der Waals surface area contributed by atoms with Crippen LogP contribution in [0, 0.1) is 5.82 Å². The molecule has 0 unspecified atom stereocenters. The average molecular weight is 436 g/mol. The van der Waals surface area contributed by atoms with Crippen LogP contribution in [0.3, 0.4) is 0 Å². The first-order valence-corrected chi connectivity index (χ1v) is 10.3. The Morgan fingerprint density at radius 1 is 0.969 bits per heavy atom. The van der Waals surface area contributed by atoms with Crippen molar-refractivity contribution in [1.82, 2.24) is 4.90 Å². The number of hydrogen-bond donors (Lipinski definition) is 1. The maximum Gasteiger partial charge on any atom is 0.322 e. The van der Waals surface area contributed by atoms with E-state index in [1.165, 1.54) is 39.0 Å². The molecule has 3 aromatic carbocycles. The number of halogens is 1. The molecule has 7 heteroatoms. The van der Waals surface area contributed by atoms with Crippen molar-refractivity contribution in [2.45, 2.75) is 12.5 Å². The Labute approximate surface area is 186 Å². The molecule has 0 aliphatic carbocycles. The van der Waals surface area contributed by atoms with E-state index in [2.05, 4.69) is 11.4 Å². The smallest absolute Gasteiger partial charge is 0.322 e. The lowest BCUT2D eigenvalue weighted by Gasteiger charge is -2.37. The van der Waals surface area contributed by atoms with Crippen LogP contribution in [-0.4, -0.2) is 38.8 Å². The fourth-order valence-electron chi connectivity index (χ4n) is 4.14. The van der Waals surface area contributed by atoms with E-state index < -0.39 is 0 Å². The van der Waals surface area contributed by atoms with Crippen LogP contribution in [0.1, 0.15) is 22.7 Å². The molecule has 1 atom stereocenters. The van der Waals surface area contributed by atoms with Crippen LogP contribution in [0.25, 0.3) is 0 Å². The lowest BCUT2D eigenvalue weighted by molar-refractivity contribution is 0.194. The molecular weight excluding hydrogens is 411 g/mol. The molecule has 1 aliphatic heterocycles. The van der Waals surface area contributed by atoms with Crippen LogP contribution in [0.5, 0.6) is 17.2 Å². The molecule has 1 heterocycles. The zero-order valence-corrected chi connectivity index (χ0v) is 18.2. The van der Waals surface area contributed by atoms with E-state index in [4.69, 9.17) is 14.2 Å². The molecule has 0 aromatic heterocycles. The molecule has 166 valence electrons. The number of nitrogens with zero attached hydrogens (tertiary/aromatic N) is 1. The predicted octanol–water partition coefficient (Wildman–Crippen LogP) is 5.03. The van der Waals surface area contributed by atoms with Crippen molar-refractivity contribution in [3.05, 3.63) is 83.2 Å². The van der Waals surface area contributed by atoms with Gasteiger partial charge in [0.05, 0.1) is 33.1 Å². The van der Waals surface area contributed by atoms with E-state index in [-0.39, 0.29) is 17.9 Å². The Morgan fingerprint density at radius 3 is 2.25 bits per heavy atom. The highest BCUT2D eigenvalue weighted by atomic mass is 19.1. The van der Waals surface area contributed by atoms with Gasteiger partial charge in [0, 0.05) is 18.7 Å². The lowest BCUT2D eigenvalue weighted by atomic mass is 9.88. The number of nitrogens with one attached hydrogen (secondary N) is 1. The second kappa shape index (κ2) is 9.18. The minimum absolute atomic E-state index is 0.275. The molecule has 0 saturated carbocycles. The molecule has 2 amide bonds. The Hall–Kier alpha value is -3.74. The molecule has 0 fully saturated rings. The largest absolute Gasteiger partial charge is 0.493 e. The number of fused-ring (bicyclic) bond motifs is 1. The van der Waals surface area contributed by atoms with Gasteiger partial charge in [0.2, 0.25) is 5.75 Å². The van der Waals surface area contributed by atoms with Crippen LogP contribution in [0.4, 0.5) is 14.9 Å². The molecule has 1 aliphatic rings. The number of ether oxygens (including phenoxy) is 3. The summed E-state index contributed by atoms with van der Waals surface area (Å²) in [5.74, 6) is 1.03. The number of hydrogen-bond acceptors (Lipinski definition) is 4. The van der Waals surface area contributed by atoms with Gasteiger partial charge in [-0.15, -0.1) is 0 Å². The first-order chi connectivity index (χ1) is 15.5. The summed E-state index contributed by atoms with van der Waals surface area (Å²) in [7, 11) is 4.57. The summed E-state index contributed by atoms with van der Waals surface area (Å²) in [6.45, 7) is 0.523. The van der Waals surface area contributed by atoms with Gasteiger partial charge in [0.15, 0.2) is 11.5 Å². The standard InChI is InChI=1S/C25H25FN2O4/c1-30-21-14-19(15-22(31-2)24(21)32-3)27-25(29)28-13-12-16-6-4-5-7-20(16)23(28)17-8-10-18(26)11-9-17/h4-11,14-15,23H,12-13H2,1-3H3,(H,27,29)/t23-/m1/s1. The molecule has 6 nitrogen and oxygen atoms in total. The van der Waals surface area contributed by atoms with Crippen molar-refractivity contribution in [2.24, 2.45) is 0 Å². The van der Waals surface area contributed by atoms with Crippen LogP contribution in [0.15, 0.2) is 60.7 Å². The topological polar surface area (TPSA) is 60.0 Å². The van der Waals surface area contributed by atoms with Crippen molar-refractivity contribution in [1.29, 1.82) is 0 Å². The van der Waals surface area contributed by atoms with E-state index in [1.54, 1.807) is 29.2 Å². The lowest BCUT2D eigenvalue weighted by Crippen LogP contribution is -2.43. The van der Waals surface area contributed by atoms with Gasteiger partial charge >= 0.3 is 6.03 Å². The van der Waals surface area contributed by atoms with Gasteiger partial charge < -0.3 is 24.4 Å². The van der Waals surface area contributed by atoms with Gasteiger partial charge in [-0.2, -0.15) is 0 Å². The first kappa shape index (κ1) is 21.5. The van der Waals surface area contributed by atoms with Gasteiger partial charge in [0.25, 0.3) is 0 Å². The molecule has 1 N–H and O–H groups in total. The molecule has 0 saturated heterocycles. The summed E-state index contributed by atoms with van der Waals surface area (Å²) >= 11 is 0. The number of amides is 2. The highest BCUT2D eigenvalue weighted by Crippen LogP contribution is 2.41. The minimum atomic E-state index is -0.331. The van der Waals surface area contributed by atoms with Crippen molar-refractivity contribution in [2.75, 3.05) is 33.2 Å². The fourth-order valence-corrected chi connectivity index (χ4v) is 4.14. The van der Waals surface area contributed by atoms with E-state index in [1.807, 2.05) is 18.2 Å². The zero-order chi connectivity index (χ0) is 22.7. The predicted molar refractivity (Wildman–Crippen MR) is 120 cm³/mol.